The quantitative estimate of drug-likeness (QED) is 0.915. The highest BCUT2D eigenvalue weighted by Crippen LogP contribution is 2.41. The molecule has 1 aromatic carbocycles. The van der Waals surface area contributed by atoms with Crippen molar-refractivity contribution >= 4 is 23.5 Å². The maximum absolute atomic E-state index is 6.57. The number of ether oxygens (including phenoxy) is 1. The third-order valence-corrected chi connectivity index (χ3v) is 8.26. The van der Waals surface area contributed by atoms with Gasteiger partial charge in [0.15, 0.2) is 0 Å². The number of fused-ring (bicyclic) bond motifs is 1. The van der Waals surface area contributed by atoms with E-state index in [1.54, 1.807) is 0 Å². The standard InChI is InChI=1S/C17H25NOS2/c1-11-12(2)21-17(10-20-11)15(18)9-13-7-8-19-16-6-4-3-5-14(13)16/h3-6,11-13,15,17H,7-10,18H2,1-2H3. The van der Waals surface area contributed by atoms with Crippen LogP contribution in [0.1, 0.15) is 38.2 Å². The first kappa shape index (κ1) is 15.6. The van der Waals surface area contributed by atoms with Gasteiger partial charge in [0.1, 0.15) is 5.75 Å². The molecule has 4 heteroatoms. The molecule has 1 saturated heterocycles. The van der Waals surface area contributed by atoms with E-state index in [1.165, 1.54) is 11.3 Å². The van der Waals surface area contributed by atoms with Crippen molar-refractivity contribution in [3.8, 4) is 5.75 Å². The topological polar surface area (TPSA) is 35.2 Å². The summed E-state index contributed by atoms with van der Waals surface area (Å²) < 4.78 is 5.76. The van der Waals surface area contributed by atoms with Crippen molar-refractivity contribution in [2.75, 3.05) is 12.4 Å². The molecular weight excluding hydrogens is 298 g/mol. The lowest BCUT2D eigenvalue weighted by molar-refractivity contribution is 0.259. The number of hydrogen-bond donors (Lipinski definition) is 1. The molecule has 2 heterocycles. The monoisotopic (exact) mass is 323 g/mol. The van der Waals surface area contributed by atoms with E-state index in [0.29, 0.717) is 16.4 Å². The molecule has 0 aliphatic carbocycles. The van der Waals surface area contributed by atoms with Crippen LogP contribution in [0.2, 0.25) is 0 Å². The Hall–Kier alpha value is -0.320. The molecule has 0 amide bonds. The van der Waals surface area contributed by atoms with Gasteiger partial charge in [0.25, 0.3) is 0 Å². The van der Waals surface area contributed by atoms with Crippen LogP contribution in [0.5, 0.6) is 5.75 Å². The van der Waals surface area contributed by atoms with Gasteiger partial charge in [-0.3, -0.25) is 0 Å². The maximum Gasteiger partial charge on any atom is 0.122 e. The van der Waals surface area contributed by atoms with Gasteiger partial charge < -0.3 is 10.5 Å². The van der Waals surface area contributed by atoms with Crippen molar-refractivity contribution in [3.63, 3.8) is 0 Å². The van der Waals surface area contributed by atoms with Crippen molar-refractivity contribution in [1.82, 2.24) is 0 Å². The molecule has 0 saturated carbocycles. The summed E-state index contributed by atoms with van der Waals surface area (Å²) in [6.45, 7) is 5.50. The van der Waals surface area contributed by atoms with E-state index in [9.17, 15) is 0 Å². The first-order valence-corrected chi connectivity index (χ1v) is 9.88. The zero-order chi connectivity index (χ0) is 14.8. The van der Waals surface area contributed by atoms with Crippen LogP contribution < -0.4 is 10.5 Å². The second-order valence-corrected chi connectivity index (χ2v) is 9.22. The summed E-state index contributed by atoms with van der Waals surface area (Å²) in [5.41, 5.74) is 7.92. The van der Waals surface area contributed by atoms with Crippen molar-refractivity contribution in [1.29, 1.82) is 0 Å². The zero-order valence-corrected chi connectivity index (χ0v) is 14.5. The highest BCUT2D eigenvalue weighted by molar-refractivity contribution is 8.07. The number of hydrogen-bond acceptors (Lipinski definition) is 4. The Morgan fingerprint density at radius 3 is 2.90 bits per heavy atom. The van der Waals surface area contributed by atoms with Crippen LogP contribution in [0.4, 0.5) is 0 Å². The van der Waals surface area contributed by atoms with E-state index < -0.39 is 0 Å². The minimum Gasteiger partial charge on any atom is -0.493 e. The fourth-order valence-corrected chi connectivity index (χ4v) is 6.25. The minimum atomic E-state index is 0.286. The Bertz CT molecular complexity index is 482. The predicted octanol–water partition coefficient (Wildman–Crippen LogP) is 3.90. The van der Waals surface area contributed by atoms with E-state index in [-0.39, 0.29) is 6.04 Å². The second kappa shape index (κ2) is 6.84. The maximum atomic E-state index is 6.57. The summed E-state index contributed by atoms with van der Waals surface area (Å²) in [6, 6.07) is 8.74. The highest BCUT2D eigenvalue weighted by atomic mass is 32.2. The number of nitrogens with two attached hydrogens (primary N) is 1. The largest absolute Gasteiger partial charge is 0.493 e. The lowest BCUT2D eigenvalue weighted by Gasteiger charge is -2.36. The minimum absolute atomic E-state index is 0.286. The van der Waals surface area contributed by atoms with Gasteiger partial charge in [0.05, 0.1) is 6.61 Å². The van der Waals surface area contributed by atoms with Gasteiger partial charge in [-0.2, -0.15) is 23.5 Å². The third-order valence-electron chi connectivity index (χ3n) is 4.69. The Morgan fingerprint density at radius 2 is 2.10 bits per heavy atom. The van der Waals surface area contributed by atoms with E-state index >= 15 is 0 Å². The van der Waals surface area contributed by atoms with Crippen LogP contribution in [-0.4, -0.2) is 34.2 Å². The van der Waals surface area contributed by atoms with Gasteiger partial charge in [-0.25, -0.2) is 0 Å². The number of benzene rings is 1. The molecule has 5 unspecified atom stereocenters. The molecule has 3 rings (SSSR count). The van der Waals surface area contributed by atoms with Crippen molar-refractivity contribution in [2.24, 2.45) is 5.73 Å². The molecule has 2 nitrogen and oxygen atoms in total. The second-order valence-electron chi connectivity index (χ2n) is 6.19. The number of para-hydroxylation sites is 1. The first-order valence-electron chi connectivity index (χ1n) is 7.89. The van der Waals surface area contributed by atoms with Gasteiger partial charge in [-0.15, -0.1) is 0 Å². The summed E-state index contributed by atoms with van der Waals surface area (Å²) in [5.74, 6) is 2.82. The van der Waals surface area contributed by atoms with Gasteiger partial charge in [0.2, 0.25) is 0 Å². The molecule has 21 heavy (non-hydrogen) atoms. The SMILES string of the molecule is CC1SCC(C(N)CC2CCOc3ccccc32)SC1C. The fourth-order valence-electron chi connectivity index (χ4n) is 3.17. The Morgan fingerprint density at radius 1 is 1.29 bits per heavy atom. The van der Waals surface area contributed by atoms with E-state index in [4.69, 9.17) is 10.5 Å². The van der Waals surface area contributed by atoms with Gasteiger partial charge in [-0.05, 0) is 30.4 Å². The normalized spacial score (nSPS) is 33.9. The summed E-state index contributed by atoms with van der Waals surface area (Å²) in [6.07, 6.45) is 2.18. The highest BCUT2D eigenvalue weighted by Gasteiger charge is 2.32. The smallest absolute Gasteiger partial charge is 0.122 e. The van der Waals surface area contributed by atoms with E-state index in [2.05, 4.69) is 61.6 Å². The Balaban J connectivity index is 1.64. The zero-order valence-electron chi connectivity index (χ0n) is 12.8. The summed E-state index contributed by atoms with van der Waals surface area (Å²) in [7, 11) is 0. The number of thioether (sulfide) groups is 2. The van der Waals surface area contributed by atoms with Crippen molar-refractivity contribution in [3.05, 3.63) is 29.8 Å². The average Bonchev–Trinajstić information content (AvgIpc) is 2.50. The summed E-state index contributed by atoms with van der Waals surface area (Å²) in [5, 5.41) is 2.06. The fraction of sp³-hybridized carbons (Fsp3) is 0.647. The van der Waals surface area contributed by atoms with Gasteiger partial charge in [0, 0.05) is 27.5 Å². The molecule has 2 aliphatic heterocycles. The molecule has 0 radical (unpaired) electrons. The average molecular weight is 324 g/mol. The molecule has 0 aromatic heterocycles. The van der Waals surface area contributed by atoms with E-state index in [1.807, 2.05) is 0 Å². The first-order chi connectivity index (χ1) is 10.1. The molecule has 116 valence electrons. The summed E-state index contributed by atoms with van der Waals surface area (Å²) in [4.78, 5) is 0. The van der Waals surface area contributed by atoms with E-state index in [0.717, 1.165) is 30.4 Å². The molecular formula is C17H25NOS2. The Labute approximate surface area is 136 Å². The van der Waals surface area contributed by atoms with Crippen LogP contribution >= 0.6 is 23.5 Å². The van der Waals surface area contributed by atoms with Gasteiger partial charge in [-0.1, -0.05) is 32.0 Å². The molecule has 5 atom stereocenters. The Kier molecular flexibility index (Phi) is 5.07. The lowest BCUT2D eigenvalue weighted by Crippen LogP contribution is -2.41. The molecule has 1 aromatic rings. The van der Waals surface area contributed by atoms with Crippen LogP contribution in [-0.2, 0) is 0 Å². The van der Waals surface area contributed by atoms with Crippen LogP contribution in [0.25, 0.3) is 0 Å². The molecule has 2 N–H and O–H groups in total. The molecule has 0 bridgehead atoms. The lowest BCUT2D eigenvalue weighted by atomic mass is 9.87. The van der Waals surface area contributed by atoms with Crippen LogP contribution in [0.3, 0.4) is 0 Å². The summed E-state index contributed by atoms with van der Waals surface area (Å²) >= 11 is 4.18. The van der Waals surface area contributed by atoms with Crippen LogP contribution in [0.15, 0.2) is 24.3 Å². The molecule has 1 fully saturated rings. The molecule has 0 spiro atoms. The van der Waals surface area contributed by atoms with Crippen molar-refractivity contribution < 1.29 is 4.74 Å². The number of rotatable bonds is 3. The van der Waals surface area contributed by atoms with Crippen LogP contribution in [0, 0.1) is 0 Å². The van der Waals surface area contributed by atoms with Crippen molar-refractivity contribution in [2.45, 2.75) is 54.4 Å². The van der Waals surface area contributed by atoms with Gasteiger partial charge >= 0.3 is 0 Å². The third kappa shape index (κ3) is 3.54. The predicted molar refractivity (Wildman–Crippen MR) is 94.6 cm³/mol. The molecule has 2 aliphatic rings.